The van der Waals surface area contributed by atoms with Gasteiger partial charge in [0.15, 0.2) is 11.6 Å². The molecule has 1 atom stereocenters. The highest BCUT2D eigenvalue weighted by molar-refractivity contribution is 5.84. The van der Waals surface area contributed by atoms with Gasteiger partial charge in [-0.15, -0.1) is 6.58 Å². The molecule has 0 amide bonds. The Balaban J connectivity index is 2.80. The molecular weight excluding hydrogens is 258 g/mol. The maximum Gasteiger partial charge on any atom is 0.357 e. The second-order valence-corrected chi connectivity index (χ2v) is 6.08. The number of oxazole rings is 1. The molecule has 1 aromatic rings. The van der Waals surface area contributed by atoms with Gasteiger partial charge in [0, 0.05) is 18.8 Å². The van der Waals surface area contributed by atoms with E-state index >= 15 is 0 Å². The lowest BCUT2D eigenvalue weighted by atomic mass is 9.86. The van der Waals surface area contributed by atoms with Gasteiger partial charge < -0.3 is 9.52 Å². The van der Waals surface area contributed by atoms with Crippen LogP contribution in [0.5, 0.6) is 0 Å². The van der Waals surface area contributed by atoms with Crippen molar-refractivity contribution in [2.45, 2.75) is 46.0 Å². The number of ketones is 1. The molecule has 1 aromatic heterocycles. The first kappa shape index (κ1) is 16.1. The van der Waals surface area contributed by atoms with Crippen LogP contribution in [0.3, 0.4) is 0 Å². The first-order chi connectivity index (χ1) is 9.23. The minimum atomic E-state index is -1.14. The topological polar surface area (TPSA) is 80.4 Å². The summed E-state index contributed by atoms with van der Waals surface area (Å²) in [6.07, 6.45) is 4.05. The molecule has 1 N–H and O–H groups in total. The largest absolute Gasteiger partial charge is 0.476 e. The second kappa shape index (κ2) is 6.50. The van der Waals surface area contributed by atoms with Gasteiger partial charge in [0.1, 0.15) is 12.0 Å². The molecule has 20 heavy (non-hydrogen) atoms. The summed E-state index contributed by atoms with van der Waals surface area (Å²) in [5.74, 6) is -1.00. The van der Waals surface area contributed by atoms with E-state index in [0.29, 0.717) is 12.8 Å². The molecule has 0 saturated heterocycles. The van der Waals surface area contributed by atoms with Crippen molar-refractivity contribution in [1.82, 2.24) is 4.98 Å². The SMILES string of the molecule is C=CC[C@H](CC(=O)CC(C)(C)C)c1nc(C(=O)O)co1. The Bertz CT molecular complexity index is 496. The minimum absolute atomic E-state index is 0.0708. The van der Waals surface area contributed by atoms with Gasteiger partial charge >= 0.3 is 5.97 Å². The zero-order chi connectivity index (χ0) is 15.3. The first-order valence-corrected chi connectivity index (χ1v) is 6.54. The minimum Gasteiger partial charge on any atom is -0.476 e. The number of rotatable bonds is 7. The summed E-state index contributed by atoms with van der Waals surface area (Å²) in [6.45, 7) is 9.66. The monoisotopic (exact) mass is 279 g/mol. The summed E-state index contributed by atoms with van der Waals surface area (Å²) in [5.41, 5.74) is -0.212. The summed E-state index contributed by atoms with van der Waals surface area (Å²) in [6, 6.07) is 0. The number of aromatic nitrogens is 1. The van der Waals surface area contributed by atoms with Gasteiger partial charge in [-0.1, -0.05) is 26.8 Å². The molecule has 110 valence electrons. The van der Waals surface area contributed by atoms with Gasteiger partial charge in [0.05, 0.1) is 0 Å². The van der Waals surface area contributed by atoms with E-state index in [4.69, 9.17) is 9.52 Å². The Morgan fingerprint density at radius 2 is 2.15 bits per heavy atom. The van der Waals surface area contributed by atoms with Gasteiger partial charge in [0.2, 0.25) is 0 Å². The van der Waals surface area contributed by atoms with Crippen LogP contribution in [0.15, 0.2) is 23.3 Å². The quantitative estimate of drug-likeness (QED) is 0.773. The molecule has 0 saturated carbocycles. The molecule has 1 rings (SSSR count). The third-order valence-electron chi connectivity index (χ3n) is 2.74. The number of nitrogens with zero attached hydrogens (tertiary/aromatic N) is 1. The molecule has 0 spiro atoms. The maximum absolute atomic E-state index is 12.0. The van der Waals surface area contributed by atoms with Crippen LogP contribution in [0.2, 0.25) is 0 Å². The molecule has 5 nitrogen and oxygen atoms in total. The molecular formula is C15H21NO4. The lowest BCUT2D eigenvalue weighted by Gasteiger charge is -2.18. The second-order valence-electron chi connectivity index (χ2n) is 6.08. The van der Waals surface area contributed by atoms with E-state index in [2.05, 4.69) is 11.6 Å². The number of carboxylic acid groups (broad SMARTS) is 1. The van der Waals surface area contributed by atoms with Crippen molar-refractivity contribution in [3.8, 4) is 0 Å². The molecule has 0 aliphatic carbocycles. The number of allylic oxidation sites excluding steroid dienone is 1. The average Bonchev–Trinajstić information content (AvgIpc) is 2.74. The van der Waals surface area contributed by atoms with Gasteiger partial charge in [0.25, 0.3) is 0 Å². The third-order valence-corrected chi connectivity index (χ3v) is 2.74. The van der Waals surface area contributed by atoms with Crippen molar-refractivity contribution in [2.75, 3.05) is 0 Å². The Morgan fingerprint density at radius 1 is 1.50 bits per heavy atom. The third kappa shape index (κ3) is 4.99. The van der Waals surface area contributed by atoms with Crippen molar-refractivity contribution in [1.29, 1.82) is 0 Å². The van der Waals surface area contributed by atoms with Crippen LogP contribution in [-0.2, 0) is 4.79 Å². The molecule has 1 heterocycles. The number of hydrogen-bond donors (Lipinski definition) is 1. The molecule has 5 heteroatoms. The predicted molar refractivity (Wildman–Crippen MR) is 74.7 cm³/mol. The Hall–Kier alpha value is -1.91. The summed E-state index contributed by atoms with van der Waals surface area (Å²) < 4.78 is 5.18. The van der Waals surface area contributed by atoms with Gasteiger partial charge in [-0.3, -0.25) is 4.79 Å². The van der Waals surface area contributed by atoms with Crippen molar-refractivity contribution in [3.05, 3.63) is 30.5 Å². The van der Waals surface area contributed by atoms with Crippen molar-refractivity contribution in [2.24, 2.45) is 5.41 Å². The van der Waals surface area contributed by atoms with Crippen LogP contribution in [0, 0.1) is 5.41 Å². The smallest absolute Gasteiger partial charge is 0.357 e. The lowest BCUT2D eigenvalue weighted by Crippen LogP contribution is -2.15. The van der Waals surface area contributed by atoms with E-state index in [1.54, 1.807) is 6.08 Å². The number of aromatic carboxylic acids is 1. The van der Waals surface area contributed by atoms with Gasteiger partial charge in [-0.05, 0) is 11.8 Å². The number of carbonyl (C=O) groups is 2. The molecule has 0 radical (unpaired) electrons. The summed E-state index contributed by atoms with van der Waals surface area (Å²) in [5, 5.41) is 8.83. The van der Waals surface area contributed by atoms with Crippen molar-refractivity contribution >= 4 is 11.8 Å². The Kier molecular flexibility index (Phi) is 5.25. The van der Waals surface area contributed by atoms with Crippen LogP contribution < -0.4 is 0 Å². The molecule has 0 aliphatic heterocycles. The predicted octanol–water partition coefficient (Wildman–Crippen LogP) is 3.43. The van der Waals surface area contributed by atoms with E-state index in [-0.39, 0.29) is 35.1 Å². The van der Waals surface area contributed by atoms with E-state index in [0.717, 1.165) is 6.26 Å². The standard InChI is InChI=1S/C15H21NO4/c1-5-6-10(7-11(17)8-15(2,3)4)13-16-12(9-20-13)14(18)19/h5,9-10H,1,6-8H2,2-4H3,(H,18,19)/t10-/m1/s1. The normalized spacial score (nSPS) is 12.9. The molecule has 0 aliphatic rings. The van der Waals surface area contributed by atoms with Crippen LogP contribution in [0.1, 0.15) is 62.3 Å². The summed E-state index contributed by atoms with van der Waals surface area (Å²) in [7, 11) is 0. The van der Waals surface area contributed by atoms with E-state index in [1.807, 2.05) is 20.8 Å². The highest BCUT2D eigenvalue weighted by atomic mass is 16.4. The number of carbonyl (C=O) groups excluding carboxylic acids is 1. The maximum atomic E-state index is 12.0. The first-order valence-electron chi connectivity index (χ1n) is 6.54. The van der Waals surface area contributed by atoms with Crippen LogP contribution >= 0.6 is 0 Å². The van der Waals surface area contributed by atoms with Crippen LogP contribution in [0.25, 0.3) is 0 Å². The van der Waals surface area contributed by atoms with Crippen LogP contribution in [0.4, 0.5) is 0 Å². The number of carboxylic acids is 1. The summed E-state index contributed by atoms with van der Waals surface area (Å²) in [4.78, 5) is 26.7. The average molecular weight is 279 g/mol. The van der Waals surface area contributed by atoms with Crippen molar-refractivity contribution in [3.63, 3.8) is 0 Å². The number of Topliss-reactive ketones (excluding diaryl/α,β-unsaturated/α-hetero) is 1. The van der Waals surface area contributed by atoms with Crippen molar-refractivity contribution < 1.29 is 19.1 Å². The highest BCUT2D eigenvalue weighted by Crippen LogP contribution is 2.27. The van der Waals surface area contributed by atoms with Gasteiger partial charge in [-0.25, -0.2) is 9.78 Å². The zero-order valence-corrected chi connectivity index (χ0v) is 12.2. The van der Waals surface area contributed by atoms with Gasteiger partial charge in [-0.2, -0.15) is 0 Å². The Labute approximate surface area is 118 Å². The van der Waals surface area contributed by atoms with Crippen LogP contribution in [-0.4, -0.2) is 21.8 Å². The van der Waals surface area contributed by atoms with E-state index < -0.39 is 5.97 Å². The fraction of sp³-hybridized carbons (Fsp3) is 0.533. The molecule has 0 bridgehead atoms. The number of hydrogen-bond acceptors (Lipinski definition) is 4. The molecule has 0 fully saturated rings. The fourth-order valence-corrected chi connectivity index (χ4v) is 1.98. The zero-order valence-electron chi connectivity index (χ0n) is 12.2. The molecule has 0 aromatic carbocycles. The van der Waals surface area contributed by atoms with E-state index in [9.17, 15) is 9.59 Å². The lowest BCUT2D eigenvalue weighted by molar-refractivity contribution is -0.121. The highest BCUT2D eigenvalue weighted by Gasteiger charge is 2.24. The summed E-state index contributed by atoms with van der Waals surface area (Å²) >= 11 is 0. The molecule has 0 unspecified atom stereocenters. The Morgan fingerprint density at radius 3 is 2.60 bits per heavy atom. The van der Waals surface area contributed by atoms with E-state index in [1.165, 1.54) is 0 Å². The fourth-order valence-electron chi connectivity index (χ4n) is 1.98.